The number of hydrogen-bond acceptors (Lipinski definition) is 6. The SMILES string of the molecule is CCOc1cc(C(=O)NN=C(C)c2ccc(NC(=O)C3CCCCC3)cc2)cc(OCC)c1OCC. The maximum atomic E-state index is 12.9. The number of carbonyl (C=O) groups excluding carboxylic acids is 2. The largest absolute Gasteiger partial charge is 0.490 e. The van der Waals surface area contributed by atoms with Gasteiger partial charge in [-0.2, -0.15) is 5.10 Å². The summed E-state index contributed by atoms with van der Waals surface area (Å²) in [5.74, 6) is 1.17. The summed E-state index contributed by atoms with van der Waals surface area (Å²) in [6.45, 7) is 8.70. The molecule has 2 amide bonds. The maximum absolute atomic E-state index is 12.9. The molecule has 2 aromatic rings. The van der Waals surface area contributed by atoms with Crippen LogP contribution < -0.4 is 25.0 Å². The van der Waals surface area contributed by atoms with Crippen LogP contribution in [0.1, 0.15) is 75.7 Å². The zero-order valence-electron chi connectivity index (χ0n) is 21.7. The Bertz CT molecular complexity index is 1030. The molecular weight excluding hydrogens is 458 g/mol. The number of hydrazone groups is 1. The molecule has 2 N–H and O–H groups in total. The molecule has 0 heterocycles. The fraction of sp³-hybridized carbons (Fsp3) is 0.464. The minimum Gasteiger partial charge on any atom is -0.490 e. The molecule has 0 saturated heterocycles. The number of hydrogen-bond donors (Lipinski definition) is 2. The number of carbonyl (C=O) groups is 2. The Balaban J connectivity index is 1.68. The monoisotopic (exact) mass is 495 g/mol. The number of nitrogens with zero attached hydrogens (tertiary/aromatic N) is 1. The van der Waals surface area contributed by atoms with Gasteiger partial charge in [0.15, 0.2) is 11.5 Å². The lowest BCUT2D eigenvalue weighted by atomic mass is 9.88. The van der Waals surface area contributed by atoms with Gasteiger partial charge >= 0.3 is 0 Å². The van der Waals surface area contributed by atoms with Crippen molar-refractivity contribution in [3.8, 4) is 17.2 Å². The molecule has 0 atom stereocenters. The fourth-order valence-corrected chi connectivity index (χ4v) is 4.19. The first-order valence-corrected chi connectivity index (χ1v) is 12.8. The number of nitrogens with one attached hydrogen (secondary N) is 2. The van der Waals surface area contributed by atoms with Gasteiger partial charge in [0.1, 0.15) is 0 Å². The lowest BCUT2D eigenvalue weighted by molar-refractivity contribution is -0.120. The summed E-state index contributed by atoms with van der Waals surface area (Å²) < 4.78 is 17.1. The lowest BCUT2D eigenvalue weighted by Gasteiger charge is -2.20. The zero-order chi connectivity index (χ0) is 25.9. The third-order valence-corrected chi connectivity index (χ3v) is 6.04. The normalized spacial score (nSPS) is 14.2. The summed E-state index contributed by atoms with van der Waals surface area (Å²) >= 11 is 0. The molecular formula is C28H37N3O5. The lowest BCUT2D eigenvalue weighted by Crippen LogP contribution is -2.24. The van der Waals surface area contributed by atoms with Crippen molar-refractivity contribution in [3.05, 3.63) is 47.5 Å². The average molecular weight is 496 g/mol. The van der Waals surface area contributed by atoms with Crippen molar-refractivity contribution >= 4 is 23.2 Å². The summed E-state index contributed by atoms with van der Waals surface area (Å²) in [5.41, 5.74) is 5.18. The van der Waals surface area contributed by atoms with E-state index in [4.69, 9.17) is 14.2 Å². The Morgan fingerprint density at radius 1 is 0.861 bits per heavy atom. The van der Waals surface area contributed by atoms with Crippen LogP contribution in [0.15, 0.2) is 41.5 Å². The smallest absolute Gasteiger partial charge is 0.271 e. The second-order valence-electron chi connectivity index (χ2n) is 8.64. The van der Waals surface area contributed by atoms with Gasteiger partial charge in [0.05, 0.1) is 25.5 Å². The molecule has 0 spiro atoms. The third-order valence-electron chi connectivity index (χ3n) is 6.04. The molecule has 194 valence electrons. The molecule has 1 fully saturated rings. The van der Waals surface area contributed by atoms with Gasteiger partial charge in [-0.1, -0.05) is 31.4 Å². The fourth-order valence-electron chi connectivity index (χ4n) is 4.19. The van der Waals surface area contributed by atoms with Crippen LogP contribution >= 0.6 is 0 Å². The standard InChI is InChI=1S/C28H37N3O5/c1-5-34-24-17-22(18-25(35-6-2)26(24)36-7-3)28(33)31-30-19(4)20-13-15-23(16-14-20)29-27(32)21-11-9-8-10-12-21/h13-18,21H,5-12H2,1-4H3,(H,29,32)(H,31,33). The predicted molar refractivity (Wildman–Crippen MR) is 141 cm³/mol. The van der Waals surface area contributed by atoms with Crippen LogP contribution in [0.5, 0.6) is 17.2 Å². The van der Waals surface area contributed by atoms with E-state index in [0.717, 1.165) is 36.9 Å². The van der Waals surface area contributed by atoms with E-state index in [2.05, 4.69) is 15.8 Å². The third kappa shape index (κ3) is 7.23. The number of amides is 2. The molecule has 3 rings (SSSR count). The topological polar surface area (TPSA) is 98.2 Å². The van der Waals surface area contributed by atoms with Crippen molar-refractivity contribution in [1.82, 2.24) is 5.43 Å². The second kappa shape index (κ2) is 13.5. The van der Waals surface area contributed by atoms with Crippen molar-refractivity contribution in [2.45, 2.75) is 59.8 Å². The summed E-state index contributed by atoms with van der Waals surface area (Å²) in [6, 6.07) is 10.7. The van der Waals surface area contributed by atoms with Gasteiger partial charge < -0.3 is 19.5 Å². The van der Waals surface area contributed by atoms with Gasteiger partial charge in [-0.05, 0) is 70.4 Å². The summed E-state index contributed by atoms with van der Waals surface area (Å²) in [6.07, 6.45) is 5.38. The van der Waals surface area contributed by atoms with Crippen LogP contribution in [0, 0.1) is 5.92 Å². The summed E-state index contributed by atoms with van der Waals surface area (Å²) in [4.78, 5) is 25.3. The summed E-state index contributed by atoms with van der Waals surface area (Å²) in [7, 11) is 0. The van der Waals surface area contributed by atoms with Gasteiger partial charge in [0.25, 0.3) is 5.91 Å². The van der Waals surface area contributed by atoms with Gasteiger partial charge in [-0.25, -0.2) is 5.43 Å². The van der Waals surface area contributed by atoms with Gasteiger partial charge in [0, 0.05) is 17.2 Å². The van der Waals surface area contributed by atoms with E-state index < -0.39 is 5.91 Å². The minimum absolute atomic E-state index is 0.0910. The van der Waals surface area contributed by atoms with E-state index in [1.807, 2.05) is 52.0 Å². The number of rotatable bonds is 11. The molecule has 0 aromatic heterocycles. The average Bonchev–Trinajstić information content (AvgIpc) is 2.90. The Labute approximate surface area is 213 Å². The van der Waals surface area contributed by atoms with E-state index in [9.17, 15) is 9.59 Å². The Morgan fingerprint density at radius 3 is 2.00 bits per heavy atom. The van der Waals surface area contributed by atoms with E-state index in [0.29, 0.717) is 48.3 Å². The molecule has 0 unspecified atom stereocenters. The molecule has 1 saturated carbocycles. The Morgan fingerprint density at radius 2 is 1.44 bits per heavy atom. The maximum Gasteiger partial charge on any atom is 0.271 e. The first kappa shape index (κ1) is 27.0. The van der Waals surface area contributed by atoms with E-state index in [-0.39, 0.29) is 11.8 Å². The molecule has 0 aliphatic heterocycles. The van der Waals surface area contributed by atoms with Crippen molar-refractivity contribution in [1.29, 1.82) is 0 Å². The van der Waals surface area contributed by atoms with E-state index in [1.165, 1.54) is 6.42 Å². The van der Waals surface area contributed by atoms with Crippen molar-refractivity contribution < 1.29 is 23.8 Å². The molecule has 0 bridgehead atoms. The van der Waals surface area contributed by atoms with Crippen LogP contribution in [-0.2, 0) is 4.79 Å². The van der Waals surface area contributed by atoms with Crippen molar-refractivity contribution in [2.24, 2.45) is 11.0 Å². The summed E-state index contributed by atoms with van der Waals surface area (Å²) in [5, 5.41) is 7.27. The van der Waals surface area contributed by atoms with Crippen LogP contribution in [0.25, 0.3) is 0 Å². The molecule has 2 aromatic carbocycles. The van der Waals surface area contributed by atoms with Crippen LogP contribution in [-0.4, -0.2) is 37.3 Å². The zero-order valence-corrected chi connectivity index (χ0v) is 21.7. The van der Waals surface area contributed by atoms with Crippen LogP contribution in [0.4, 0.5) is 5.69 Å². The molecule has 0 radical (unpaired) electrons. The molecule has 8 nitrogen and oxygen atoms in total. The van der Waals surface area contributed by atoms with Gasteiger partial charge in [0.2, 0.25) is 11.7 Å². The number of anilines is 1. The predicted octanol–water partition coefficient (Wildman–Crippen LogP) is 5.56. The van der Waals surface area contributed by atoms with Crippen LogP contribution in [0.2, 0.25) is 0 Å². The van der Waals surface area contributed by atoms with Gasteiger partial charge in [-0.15, -0.1) is 0 Å². The molecule has 36 heavy (non-hydrogen) atoms. The highest BCUT2D eigenvalue weighted by atomic mass is 16.5. The molecule has 8 heteroatoms. The quantitative estimate of drug-likeness (QED) is 0.314. The first-order chi connectivity index (χ1) is 17.5. The van der Waals surface area contributed by atoms with E-state index >= 15 is 0 Å². The highest BCUT2D eigenvalue weighted by Crippen LogP contribution is 2.39. The highest BCUT2D eigenvalue weighted by Gasteiger charge is 2.21. The Hall–Kier alpha value is -3.55. The van der Waals surface area contributed by atoms with Crippen molar-refractivity contribution in [2.75, 3.05) is 25.1 Å². The number of benzene rings is 2. The molecule has 1 aliphatic rings. The van der Waals surface area contributed by atoms with Gasteiger partial charge in [-0.3, -0.25) is 9.59 Å². The van der Waals surface area contributed by atoms with E-state index in [1.54, 1.807) is 12.1 Å². The van der Waals surface area contributed by atoms with Crippen LogP contribution in [0.3, 0.4) is 0 Å². The van der Waals surface area contributed by atoms with Crippen molar-refractivity contribution in [3.63, 3.8) is 0 Å². The highest BCUT2D eigenvalue weighted by molar-refractivity contribution is 6.01. The minimum atomic E-state index is -0.393. The first-order valence-electron chi connectivity index (χ1n) is 12.8. The molecule has 1 aliphatic carbocycles. The number of ether oxygens (including phenoxy) is 3. The Kier molecular flexibility index (Phi) is 10.2. The second-order valence-corrected chi connectivity index (χ2v) is 8.64.